The van der Waals surface area contributed by atoms with E-state index in [4.69, 9.17) is 28.7 Å². The fourth-order valence-corrected chi connectivity index (χ4v) is 17.7. The average Bonchev–Trinajstić information content (AvgIpc) is 1.64. The van der Waals surface area contributed by atoms with Crippen LogP contribution < -0.4 is 20.1 Å². The second-order valence-electron chi connectivity index (χ2n) is 20.3. The highest BCUT2D eigenvalue weighted by atomic mass is 28.3. The lowest BCUT2D eigenvalue weighted by Crippen LogP contribution is -2.77. The van der Waals surface area contributed by atoms with E-state index in [1.165, 1.54) is 28.8 Å². The Morgan fingerprint density at radius 1 is 0.337 bits per heavy atom. The molecular weight excluding hydrogens is 1020 g/mol. The maximum atomic E-state index is 11.2. The molecular formula is C76H50N6Si. The van der Waals surface area contributed by atoms with Gasteiger partial charge in [0.1, 0.15) is 0 Å². The van der Waals surface area contributed by atoms with E-state index in [2.05, 4.69) is 41.0 Å². The maximum absolute atomic E-state index is 11.2. The van der Waals surface area contributed by atoms with E-state index in [0.29, 0.717) is 10.4 Å². The van der Waals surface area contributed by atoms with Crippen molar-refractivity contribution in [3.8, 4) is 45.5 Å². The van der Waals surface area contributed by atoms with E-state index >= 15 is 0 Å². The van der Waals surface area contributed by atoms with Gasteiger partial charge in [0.15, 0.2) is 11.6 Å². The SMILES string of the molecule is [2H]c1c([2H])c(-c2nc(-c3ccc(-n4c5c([2H])c([2H])c([2H])c([2H])c5c5c([2H])c([2H])c([2H])c([2H])c54)cc3)nc(-n3c4c([2H])c([2H])c([2H])c([2H])c4c4c([2H])c([2H])c([2H])c([2H])c43)n2)c([2H])c([Si](c2ccccc2)(c2ccccc2)N2c3ccccc3C3(c4ccccc4-c4ccccc43)c3ccccc32)c1[2H]. The molecule has 83 heavy (non-hydrogen) atoms. The van der Waals surface area contributed by atoms with Gasteiger partial charge in [-0.15, -0.1) is 0 Å². The average molecular weight is 1100 g/mol. The fourth-order valence-electron chi connectivity index (χ4n) is 13.0. The van der Waals surface area contributed by atoms with Crippen molar-refractivity contribution in [3.05, 3.63) is 325 Å². The molecule has 1 aliphatic heterocycles. The number of para-hydroxylation sites is 6. The Kier molecular flexibility index (Phi) is 6.94. The monoisotopic (exact) mass is 1090 g/mol. The molecule has 0 saturated carbocycles. The minimum atomic E-state index is -4.54. The van der Waals surface area contributed by atoms with Gasteiger partial charge in [0, 0.05) is 49.7 Å². The predicted molar refractivity (Wildman–Crippen MR) is 343 cm³/mol. The van der Waals surface area contributed by atoms with Crippen molar-refractivity contribution in [3.63, 3.8) is 0 Å². The number of aromatic nitrogens is 5. The van der Waals surface area contributed by atoms with Crippen LogP contribution in [0, 0.1) is 0 Å². The normalized spacial score (nSPS) is 16.5. The van der Waals surface area contributed by atoms with Crippen LogP contribution in [0.4, 0.5) is 11.4 Å². The smallest absolute Gasteiger partial charge is 0.257 e. The summed E-state index contributed by atoms with van der Waals surface area (Å²) in [5.41, 5.74) is 5.28. The van der Waals surface area contributed by atoms with Crippen molar-refractivity contribution in [1.29, 1.82) is 0 Å². The van der Waals surface area contributed by atoms with E-state index < -0.39 is 152 Å². The number of rotatable bonds is 8. The van der Waals surface area contributed by atoms with Gasteiger partial charge in [-0.05, 0) is 116 Å². The Morgan fingerprint density at radius 2 is 0.759 bits per heavy atom. The van der Waals surface area contributed by atoms with Crippen LogP contribution in [0.1, 0.15) is 49.7 Å². The van der Waals surface area contributed by atoms with Gasteiger partial charge in [0.2, 0.25) is 5.95 Å². The van der Waals surface area contributed by atoms with Gasteiger partial charge < -0.3 is 9.13 Å². The Morgan fingerprint density at radius 3 is 1.27 bits per heavy atom. The van der Waals surface area contributed by atoms with Gasteiger partial charge in [0.05, 0.1) is 54.9 Å². The molecule has 12 aromatic carbocycles. The number of hydrogen-bond donors (Lipinski definition) is 0. The number of anilines is 2. The summed E-state index contributed by atoms with van der Waals surface area (Å²) in [6, 6.07) is 45.4. The van der Waals surface area contributed by atoms with Crippen molar-refractivity contribution < 1.29 is 27.4 Å². The van der Waals surface area contributed by atoms with Crippen LogP contribution in [-0.2, 0) is 5.41 Å². The van der Waals surface area contributed by atoms with Crippen molar-refractivity contribution in [2.45, 2.75) is 5.41 Å². The fraction of sp³-hybridized carbons (Fsp3) is 0.0132. The molecule has 0 unspecified atom stereocenters. The van der Waals surface area contributed by atoms with Crippen molar-refractivity contribution in [1.82, 2.24) is 24.1 Å². The van der Waals surface area contributed by atoms with Crippen LogP contribution in [0.2, 0.25) is 0 Å². The highest BCUT2D eigenvalue weighted by molar-refractivity contribution is 7.14. The summed E-state index contributed by atoms with van der Waals surface area (Å²) in [5.74, 6) is -1.31. The molecule has 4 heterocycles. The quantitative estimate of drug-likeness (QED) is 0.112. The third-order valence-electron chi connectivity index (χ3n) is 16.3. The molecule has 1 spiro atoms. The second kappa shape index (κ2) is 18.4. The maximum Gasteiger partial charge on any atom is 0.257 e. The van der Waals surface area contributed by atoms with E-state index in [1.54, 1.807) is 0 Å². The first kappa shape index (κ1) is 31.3. The first-order valence-electron chi connectivity index (χ1n) is 36.8. The summed E-state index contributed by atoms with van der Waals surface area (Å²) >= 11 is 0. The Hall–Kier alpha value is -10.7. The van der Waals surface area contributed by atoms with E-state index in [-0.39, 0.29) is 65.9 Å². The van der Waals surface area contributed by atoms with Crippen LogP contribution in [-0.4, -0.2) is 32.3 Å². The minimum Gasteiger partial charge on any atom is -0.356 e. The molecule has 3 aromatic heterocycles. The van der Waals surface area contributed by atoms with Gasteiger partial charge in [-0.25, -0.2) is 4.98 Å². The Labute approximate surface area is 509 Å². The van der Waals surface area contributed by atoms with Crippen molar-refractivity contribution in [2.75, 3.05) is 4.57 Å². The zero-order valence-corrected chi connectivity index (χ0v) is 44.5. The summed E-state index contributed by atoms with van der Waals surface area (Å²) in [5, 5.41) is 0.417. The van der Waals surface area contributed by atoms with Crippen LogP contribution in [0.15, 0.2) is 303 Å². The minimum absolute atomic E-state index is 0.0313. The first-order valence-corrected chi connectivity index (χ1v) is 28.8. The van der Waals surface area contributed by atoms with Crippen LogP contribution in [0.5, 0.6) is 0 Å². The van der Waals surface area contributed by atoms with Crippen molar-refractivity contribution >= 4 is 78.8 Å². The summed E-state index contributed by atoms with van der Waals surface area (Å²) < 4.78 is 192. The lowest BCUT2D eigenvalue weighted by Gasteiger charge is -2.52. The Balaban J connectivity index is 0.991. The topological polar surface area (TPSA) is 51.8 Å². The van der Waals surface area contributed by atoms with E-state index in [0.717, 1.165) is 49.3 Å². The van der Waals surface area contributed by atoms with Crippen LogP contribution >= 0.6 is 0 Å². The van der Waals surface area contributed by atoms with Crippen molar-refractivity contribution in [2.24, 2.45) is 0 Å². The van der Waals surface area contributed by atoms with Gasteiger partial charge in [-0.3, -0.25) is 4.57 Å². The second-order valence-corrected chi connectivity index (χ2v) is 23.8. The molecule has 6 nitrogen and oxygen atoms in total. The van der Waals surface area contributed by atoms with Gasteiger partial charge in [0.25, 0.3) is 8.24 Å². The zero-order valence-electron chi connectivity index (χ0n) is 63.5. The molecule has 0 radical (unpaired) electrons. The summed E-state index contributed by atoms with van der Waals surface area (Å²) in [7, 11) is -4.54. The lowest BCUT2D eigenvalue weighted by molar-refractivity contribution is 0.755. The lowest BCUT2D eigenvalue weighted by atomic mass is 9.65. The predicted octanol–water partition coefficient (Wildman–Crippen LogP) is 15.9. The van der Waals surface area contributed by atoms with Gasteiger partial charge in [-0.2, -0.15) is 9.97 Å². The molecule has 388 valence electrons. The van der Waals surface area contributed by atoms with Gasteiger partial charge >= 0.3 is 0 Å². The number of benzene rings is 12. The molecule has 0 amide bonds. The van der Waals surface area contributed by atoms with E-state index in [1.807, 2.05) is 121 Å². The highest BCUT2D eigenvalue weighted by Gasteiger charge is 2.56. The molecule has 17 rings (SSSR count). The summed E-state index contributed by atoms with van der Waals surface area (Å²) in [6.45, 7) is 0. The number of hydrogen-bond acceptors (Lipinski definition) is 4. The van der Waals surface area contributed by atoms with Crippen LogP contribution in [0.25, 0.3) is 89.2 Å². The first-order chi connectivity index (χ1) is 49.5. The summed E-state index contributed by atoms with van der Waals surface area (Å²) in [6.07, 6.45) is 0. The Bertz CT molecular complexity index is 6000. The molecule has 0 saturated heterocycles. The molecule has 0 bridgehead atoms. The molecule has 0 atom stereocenters. The highest BCUT2D eigenvalue weighted by Crippen LogP contribution is 2.63. The molecule has 0 N–H and O–H groups in total. The number of fused-ring (bicyclic) bond motifs is 15. The third-order valence-corrected chi connectivity index (χ3v) is 20.7. The largest absolute Gasteiger partial charge is 0.356 e. The van der Waals surface area contributed by atoms with Gasteiger partial charge in [-0.1, -0.05) is 236 Å². The van der Waals surface area contributed by atoms with Crippen LogP contribution in [0.3, 0.4) is 0 Å². The van der Waals surface area contributed by atoms with E-state index in [9.17, 15) is 13.7 Å². The molecule has 15 aromatic rings. The number of nitrogens with zero attached hydrogens (tertiary/aromatic N) is 6. The zero-order chi connectivity index (χ0) is 72.0. The summed E-state index contributed by atoms with van der Waals surface area (Å²) in [4.78, 5) is 15.1. The molecule has 1 aliphatic carbocycles. The molecule has 2 aliphatic rings. The standard InChI is InChI=1S/C76H50N6Si/c1-3-25-54(26-4-1)83(55-27-5-2-6-28-55,82-71-44-21-15-38-65(71)76(66-39-16-22-45-72(66)82)63-36-13-7-30-57(63)58-31-8-14-37-64(58)76)56-29-23-24-52(50-56)74-77-73(78-75(79-74)81-69-42-19-11-34-61(69)62-35-12-20-43-70(62)81)51-46-48-53(49-47-51)80-67-40-17-9-32-59(67)60-33-10-18-41-68(60)80/h1-50H/i9D,10D,11D,12D,17D,18D,19D,20D,23D,24D,29D,32D,33D,34D,35D,40D,41D,42D,43D,50D. The third kappa shape index (κ3) is 6.74. The molecule has 0 fully saturated rings. The molecule has 7 heteroatoms.